The van der Waals surface area contributed by atoms with Gasteiger partial charge in [0, 0.05) is 24.0 Å². The van der Waals surface area contributed by atoms with Gasteiger partial charge in [-0.1, -0.05) is 17.7 Å². The van der Waals surface area contributed by atoms with Crippen molar-refractivity contribution in [3.63, 3.8) is 0 Å². The molecule has 0 aliphatic carbocycles. The Morgan fingerprint density at radius 1 is 1.43 bits per heavy atom. The highest BCUT2D eigenvalue weighted by Crippen LogP contribution is 2.45. The van der Waals surface area contributed by atoms with Gasteiger partial charge in [0.1, 0.15) is 23.1 Å². The molecule has 6 heteroatoms. The molecule has 21 heavy (non-hydrogen) atoms. The summed E-state index contributed by atoms with van der Waals surface area (Å²) in [6, 6.07) is 8.66. The molecule has 0 spiro atoms. The van der Waals surface area contributed by atoms with Crippen LogP contribution in [-0.4, -0.2) is 10.1 Å². The quantitative estimate of drug-likeness (QED) is 0.844. The van der Waals surface area contributed by atoms with Crippen molar-refractivity contribution < 1.29 is 9.84 Å². The fourth-order valence-corrected chi connectivity index (χ4v) is 2.53. The molecule has 1 aliphatic heterocycles. The summed E-state index contributed by atoms with van der Waals surface area (Å²) >= 11 is 5.97. The van der Waals surface area contributed by atoms with E-state index in [4.69, 9.17) is 22.1 Å². The maximum atomic E-state index is 9.70. The van der Waals surface area contributed by atoms with Crippen molar-refractivity contribution in [3.8, 4) is 17.6 Å². The SMILES string of the molecule is N#CC1=C(N)Oc2cc(O)c(Cl)cc2[C@H]1c1cccnc1. The monoisotopic (exact) mass is 299 g/mol. The number of hydrogen-bond donors (Lipinski definition) is 2. The molecule has 0 radical (unpaired) electrons. The summed E-state index contributed by atoms with van der Waals surface area (Å²) in [6.07, 6.45) is 3.30. The van der Waals surface area contributed by atoms with Gasteiger partial charge in [-0.15, -0.1) is 0 Å². The van der Waals surface area contributed by atoms with Gasteiger partial charge in [-0.2, -0.15) is 5.26 Å². The molecule has 1 aromatic heterocycles. The van der Waals surface area contributed by atoms with E-state index < -0.39 is 5.92 Å². The molecular formula is C15H10ClN3O2. The molecule has 0 fully saturated rings. The number of halogens is 1. The number of nitriles is 1. The van der Waals surface area contributed by atoms with Crippen LogP contribution in [0.5, 0.6) is 11.5 Å². The van der Waals surface area contributed by atoms with Crippen molar-refractivity contribution in [2.75, 3.05) is 0 Å². The van der Waals surface area contributed by atoms with E-state index in [1.54, 1.807) is 24.5 Å². The first kappa shape index (κ1) is 13.3. The number of rotatable bonds is 1. The van der Waals surface area contributed by atoms with Crippen LogP contribution in [0.15, 0.2) is 48.1 Å². The Bertz CT molecular complexity index is 781. The van der Waals surface area contributed by atoms with Crippen LogP contribution in [0, 0.1) is 11.3 Å². The number of nitrogens with two attached hydrogens (primary N) is 1. The number of benzene rings is 1. The number of ether oxygens (including phenoxy) is 1. The lowest BCUT2D eigenvalue weighted by molar-refractivity contribution is 0.388. The van der Waals surface area contributed by atoms with Crippen molar-refractivity contribution in [1.29, 1.82) is 5.26 Å². The van der Waals surface area contributed by atoms with Gasteiger partial charge in [-0.25, -0.2) is 0 Å². The predicted molar refractivity (Wildman–Crippen MR) is 76.7 cm³/mol. The molecule has 2 aromatic rings. The van der Waals surface area contributed by atoms with Gasteiger partial charge in [0.25, 0.3) is 0 Å². The number of phenols is 1. The van der Waals surface area contributed by atoms with E-state index in [9.17, 15) is 10.4 Å². The average molecular weight is 300 g/mol. The number of nitrogens with zero attached hydrogens (tertiary/aromatic N) is 2. The highest BCUT2D eigenvalue weighted by atomic mass is 35.5. The molecule has 5 nitrogen and oxygen atoms in total. The van der Waals surface area contributed by atoms with Crippen LogP contribution in [0.4, 0.5) is 0 Å². The molecule has 0 bridgehead atoms. The first-order valence-electron chi connectivity index (χ1n) is 6.11. The van der Waals surface area contributed by atoms with E-state index >= 15 is 0 Å². The standard InChI is InChI=1S/C15H10ClN3O2/c16-11-4-9-13(5-12(11)20)21-15(18)10(6-17)14(9)8-2-1-3-19-7-8/h1-5,7,14,20H,18H2/t14-/m1/s1. The van der Waals surface area contributed by atoms with Gasteiger partial charge < -0.3 is 15.6 Å². The lowest BCUT2D eigenvalue weighted by Gasteiger charge is -2.26. The molecule has 0 unspecified atom stereocenters. The number of pyridine rings is 1. The minimum atomic E-state index is -0.425. The minimum Gasteiger partial charge on any atom is -0.506 e. The predicted octanol–water partition coefficient (Wildman–Crippen LogP) is 2.66. The summed E-state index contributed by atoms with van der Waals surface area (Å²) in [5.41, 5.74) is 7.57. The van der Waals surface area contributed by atoms with Crippen LogP contribution in [0.3, 0.4) is 0 Å². The molecular weight excluding hydrogens is 290 g/mol. The van der Waals surface area contributed by atoms with Gasteiger partial charge in [-0.05, 0) is 17.7 Å². The second kappa shape index (κ2) is 5.00. The summed E-state index contributed by atoms with van der Waals surface area (Å²) in [6.45, 7) is 0. The van der Waals surface area contributed by atoms with Gasteiger partial charge in [0.05, 0.1) is 10.9 Å². The van der Waals surface area contributed by atoms with Crippen molar-refractivity contribution in [2.24, 2.45) is 5.73 Å². The normalized spacial score (nSPS) is 16.9. The van der Waals surface area contributed by atoms with Crippen LogP contribution >= 0.6 is 11.6 Å². The summed E-state index contributed by atoms with van der Waals surface area (Å²) < 4.78 is 5.42. The van der Waals surface area contributed by atoms with Crippen LogP contribution in [0.25, 0.3) is 0 Å². The smallest absolute Gasteiger partial charge is 0.205 e. The Balaban J connectivity index is 2.26. The Labute approximate surface area is 125 Å². The number of fused-ring (bicyclic) bond motifs is 1. The molecule has 0 saturated carbocycles. The molecule has 1 aliphatic rings. The van der Waals surface area contributed by atoms with E-state index in [1.165, 1.54) is 6.07 Å². The maximum Gasteiger partial charge on any atom is 0.205 e. The van der Waals surface area contributed by atoms with E-state index in [1.807, 2.05) is 6.07 Å². The zero-order valence-electron chi connectivity index (χ0n) is 10.7. The lowest BCUT2D eigenvalue weighted by atomic mass is 9.84. The average Bonchev–Trinajstić information content (AvgIpc) is 2.49. The van der Waals surface area contributed by atoms with Crippen molar-refractivity contribution in [2.45, 2.75) is 5.92 Å². The molecule has 1 aromatic carbocycles. The highest BCUT2D eigenvalue weighted by molar-refractivity contribution is 6.32. The fourth-order valence-electron chi connectivity index (χ4n) is 2.36. The first-order valence-corrected chi connectivity index (χ1v) is 6.49. The Morgan fingerprint density at radius 2 is 2.24 bits per heavy atom. The summed E-state index contributed by atoms with van der Waals surface area (Å²) in [5.74, 6) is -0.137. The van der Waals surface area contributed by atoms with Crippen molar-refractivity contribution in [1.82, 2.24) is 4.98 Å². The van der Waals surface area contributed by atoms with E-state index in [-0.39, 0.29) is 22.2 Å². The van der Waals surface area contributed by atoms with E-state index in [0.717, 1.165) is 5.56 Å². The Morgan fingerprint density at radius 3 is 2.90 bits per heavy atom. The van der Waals surface area contributed by atoms with E-state index in [2.05, 4.69) is 11.1 Å². The lowest BCUT2D eigenvalue weighted by Crippen LogP contribution is -2.21. The Kier molecular flexibility index (Phi) is 3.16. The van der Waals surface area contributed by atoms with Crippen molar-refractivity contribution >= 4 is 11.6 Å². The summed E-state index contributed by atoms with van der Waals surface area (Å²) in [5, 5.41) is 19.3. The second-order valence-corrected chi connectivity index (χ2v) is 4.96. The Hall–Kier alpha value is -2.71. The van der Waals surface area contributed by atoms with Crippen LogP contribution < -0.4 is 10.5 Å². The molecule has 2 heterocycles. The van der Waals surface area contributed by atoms with Crippen molar-refractivity contribution in [3.05, 3.63) is 64.3 Å². The third-order valence-corrected chi connectivity index (χ3v) is 3.61. The van der Waals surface area contributed by atoms with Gasteiger partial charge in [0.15, 0.2) is 0 Å². The topological polar surface area (TPSA) is 92.2 Å². The number of aromatic nitrogens is 1. The second-order valence-electron chi connectivity index (χ2n) is 4.55. The molecule has 3 N–H and O–H groups in total. The zero-order valence-corrected chi connectivity index (χ0v) is 11.5. The highest BCUT2D eigenvalue weighted by Gasteiger charge is 2.31. The molecule has 0 amide bonds. The van der Waals surface area contributed by atoms with Crippen LogP contribution in [0.2, 0.25) is 5.02 Å². The molecule has 0 saturated heterocycles. The van der Waals surface area contributed by atoms with E-state index in [0.29, 0.717) is 11.3 Å². The third kappa shape index (κ3) is 2.16. The first-order chi connectivity index (χ1) is 10.1. The maximum absolute atomic E-state index is 9.70. The van der Waals surface area contributed by atoms with Crippen LogP contribution in [-0.2, 0) is 0 Å². The minimum absolute atomic E-state index is 0.0144. The largest absolute Gasteiger partial charge is 0.506 e. The number of phenolic OH excluding ortho intramolecular Hbond substituents is 1. The van der Waals surface area contributed by atoms with Gasteiger partial charge >= 0.3 is 0 Å². The number of allylic oxidation sites excluding steroid dienone is 1. The van der Waals surface area contributed by atoms with Gasteiger partial charge in [0.2, 0.25) is 5.88 Å². The summed E-state index contributed by atoms with van der Waals surface area (Å²) in [7, 11) is 0. The van der Waals surface area contributed by atoms with Gasteiger partial charge in [-0.3, -0.25) is 4.98 Å². The molecule has 3 rings (SSSR count). The fraction of sp³-hybridized carbons (Fsp3) is 0.0667. The molecule has 1 atom stereocenters. The van der Waals surface area contributed by atoms with Crippen LogP contribution in [0.1, 0.15) is 17.0 Å². The zero-order chi connectivity index (χ0) is 15.0. The molecule has 104 valence electrons. The summed E-state index contributed by atoms with van der Waals surface area (Å²) in [4.78, 5) is 4.07. The third-order valence-electron chi connectivity index (χ3n) is 3.30. The number of hydrogen-bond acceptors (Lipinski definition) is 5. The number of aromatic hydroxyl groups is 1.